The van der Waals surface area contributed by atoms with Gasteiger partial charge in [-0.25, -0.2) is 0 Å². The molecule has 0 amide bonds. The summed E-state index contributed by atoms with van der Waals surface area (Å²) >= 11 is 0. The first kappa shape index (κ1) is 21.0. The highest BCUT2D eigenvalue weighted by Crippen LogP contribution is 2.21. The van der Waals surface area contributed by atoms with Crippen molar-refractivity contribution in [3.05, 3.63) is 0 Å². The number of guanidine groups is 1. The van der Waals surface area contributed by atoms with Gasteiger partial charge in [-0.3, -0.25) is 4.99 Å². The average molecular weight is 436 g/mol. The Morgan fingerprint density at radius 1 is 1.00 bits per heavy atom. The number of rotatable bonds is 5. The summed E-state index contributed by atoms with van der Waals surface area (Å²) in [6.07, 6.45) is 9.02. The first-order valence-corrected chi connectivity index (χ1v) is 9.42. The van der Waals surface area contributed by atoms with Gasteiger partial charge in [0, 0.05) is 32.7 Å². The number of hydrogen-bond acceptors (Lipinski definition) is 2. The normalized spacial score (nSPS) is 27.4. The van der Waals surface area contributed by atoms with Crippen LogP contribution in [0.2, 0.25) is 0 Å². The van der Waals surface area contributed by atoms with Gasteiger partial charge in [-0.2, -0.15) is 0 Å². The van der Waals surface area contributed by atoms with E-state index in [1.807, 2.05) is 0 Å². The van der Waals surface area contributed by atoms with Crippen molar-refractivity contribution in [2.24, 2.45) is 22.6 Å². The lowest BCUT2D eigenvalue weighted by molar-refractivity contribution is 0.139. The molecule has 0 aromatic rings. The molecule has 2 fully saturated rings. The number of likely N-dealkylation sites (tertiary alicyclic amines) is 2. The van der Waals surface area contributed by atoms with Crippen molar-refractivity contribution >= 4 is 29.9 Å². The van der Waals surface area contributed by atoms with Crippen LogP contribution >= 0.6 is 24.0 Å². The fourth-order valence-electron chi connectivity index (χ4n) is 4.02. The van der Waals surface area contributed by atoms with Crippen molar-refractivity contribution in [3.63, 3.8) is 0 Å². The second kappa shape index (κ2) is 11.5. The minimum atomic E-state index is 0. The Hall–Kier alpha value is -0.0400. The van der Waals surface area contributed by atoms with E-state index in [-0.39, 0.29) is 24.0 Å². The Labute approximate surface area is 160 Å². The molecule has 0 radical (unpaired) electrons. The van der Waals surface area contributed by atoms with Crippen molar-refractivity contribution < 1.29 is 0 Å². The SMILES string of the molecule is CC1CC(C)CN(CCCCN=C(N)N2CCCCCC2)C1.I. The van der Waals surface area contributed by atoms with Crippen LogP contribution in [-0.2, 0) is 0 Å². The van der Waals surface area contributed by atoms with Crippen LogP contribution in [0.5, 0.6) is 0 Å². The molecule has 23 heavy (non-hydrogen) atoms. The number of aliphatic imine (C=N–C) groups is 1. The third-order valence-electron chi connectivity index (χ3n) is 5.03. The first-order chi connectivity index (χ1) is 10.6. The summed E-state index contributed by atoms with van der Waals surface area (Å²) in [5.74, 6) is 2.50. The van der Waals surface area contributed by atoms with E-state index in [0.29, 0.717) is 0 Å². The van der Waals surface area contributed by atoms with Crippen LogP contribution in [0.3, 0.4) is 0 Å². The number of hydrogen-bond donors (Lipinski definition) is 1. The molecule has 0 bridgehead atoms. The molecule has 4 nitrogen and oxygen atoms in total. The highest BCUT2D eigenvalue weighted by atomic mass is 127. The third-order valence-corrected chi connectivity index (χ3v) is 5.03. The van der Waals surface area contributed by atoms with E-state index in [4.69, 9.17) is 5.73 Å². The Bertz CT molecular complexity index is 330. The van der Waals surface area contributed by atoms with Gasteiger partial charge < -0.3 is 15.5 Å². The van der Waals surface area contributed by atoms with E-state index in [1.165, 1.54) is 58.2 Å². The summed E-state index contributed by atoms with van der Waals surface area (Å²) in [6, 6.07) is 0. The molecule has 2 aliphatic heterocycles. The lowest BCUT2D eigenvalue weighted by Gasteiger charge is -2.34. The standard InChI is InChI=1S/C18H36N4.HI/c1-16-13-17(2)15-21(14-16)10-8-5-9-20-18(19)22-11-6-3-4-7-12-22;/h16-17H,3-15H2,1-2H3,(H2,19,20);1H. The van der Waals surface area contributed by atoms with Crippen molar-refractivity contribution in [2.75, 3.05) is 39.3 Å². The van der Waals surface area contributed by atoms with Crippen molar-refractivity contribution in [1.29, 1.82) is 0 Å². The van der Waals surface area contributed by atoms with Gasteiger partial charge in [0.15, 0.2) is 5.96 Å². The minimum Gasteiger partial charge on any atom is -0.370 e. The van der Waals surface area contributed by atoms with Crippen LogP contribution < -0.4 is 5.73 Å². The zero-order chi connectivity index (χ0) is 15.8. The molecule has 2 rings (SSSR count). The maximum atomic E-state index is 6.14. The molecule has 0 saturated carbocycles. The fraction of sp³-hybridized carbons (Fsp3) is 0.944. The highest BCUT2D eigenvalue weighted by molar-refractivity contribution is 14.0. The predicted molar refractivity (Wildman–Crippen MR) is 111 cm³/mol. The molecule has 2 heterocycles. The quantitative estimate of drug-likeness (QED) is 0.310. The lowest BCUT2D eigenvalue weighted by atomic mass is 9.92. The summed E-state index contributed by atoms with van der Waals surface area (Å²) in [7, 11) is 0. The number of nitrogens with zero attached hydrogens (tertiary/aromatic N) is 3. The van der Waals surface area contributed by atoms with Gasteiger partial charge in [0.25, 0.3) is 0 Å². The number of unbranched alkanes of at least 4 members (excludes halogenated alkanes) is 1. The lowest BCUT2D eigenvalue weighted by Crippen LogP contribution is -2.39. The summed E-state index contributed by atoms with van der Waals surface area (Å²) in [4.78, 5) is 9.52. The molecular weight excluding hydrogens is 399 g/mol. The van der Waals surface area contributed by atoms with Crippen LogP contribution in [0.4, 0.5) is 0 Å². The monoisotopic (exact) mass is 436 g/mol. The Kier molecular flexibility index (Phi) is 10.5. The second-order valence-corrected chi connectivity index (χ2v) is 7.55. The third kappa shape index (κ3) is 8.05. The Morgan fingerprint density at radius 3 is 2.22 bits per heavy atom. The smallest absolute Gasteiger partial charge is 0.191 e. The fourth-order valence-corrected chi connectivity index (χ4v) is 4.02. The molecule has 0 spiro atoms. The average Bonchev–Trinajstić information content (AvgIpc) is 2.74. The van der Waals surface area contributed by atoms with Gasteiger partial charge in [0.2, 0.25) is 0 Å². The predicted octanol–water partition coefficient (Wildman–Crippen LogP) is 3.55. The molecule has 2 unspecified atom stereocenters. The van der Waals surface area contributed by atoms with Gasteiger partial charge in [0.1, 0.15) is 0 Å². The topological polar surface area (TPSA) is 44.9 Å². The molecule has 136 valence electrons. The summed E-state index contributed by atoms with van der Waals surface area (Å²) in [6.45, 7) is 11.6. The van der Waals surface area contributed by atoms with E-state index in [1.54, 1.807) is 0 Å². The van der Waals surface area contributed by atoms with Crippen molar-refractivity contribution in [2.45, 2.75) is 58.8 Å². The Morgan fingerprint density at radius 2 is 1.61 bits per heavy atom. The number of piperidine rings is 1. The zero-order valence-corrected chi connectivity index (χ0v) is 17.5. The zero-order valence-electron chi connectivity index (χ0n) is 15.2. The highest BCUT2D eigenvalue weighted by Gasteiger charge is 2.20. The van der Waals surface area contributed by atoms with E-state index < -0.39 is 0 Å². The maximum absolute atomic E-state index is 6.14. The van der Waals surface area contributed by atoms with E-state index in [0.717, 1.165) is 43.9 Å². The second-order valence-electron chi connectivity index (χ2n) is 7.55. The van der Waals surface area contributed by atoms with Crippen molar-refractivity contribution in [3.8, 4) is 0 Å². The van der Waals surface area contributed by atoms with Crippen LogP contribution in [-0.4, -0.2) is 55.0 Å². The molecule has 2 saturated heterocycles. The Balaban J connectivity index is 0.00000264. The first-order valence-electron chi connectivity index (χ1n) is 9.42. The molecule has 0 aromatic carbocycles. The molecule has 2 atom stereocenters. The summed E-state index contributed by atoms with van der Waals surface area (Å²) < 4.78 is 0. The molecule has 0 aliphatic carbocycles. The van der Waals surface area contributed by atoms with Gasteiger partial charge in [-0.05, 0) is 50.5 Å². The van der Waals surface area contributed by atoms with Gasteiger partial charge >= 0.3 is 0 Å². The molecule has 2 N–H and O–H groups in total. The molecule has 0 aromatic heterocycles. The van der Waals surface area contributed by atoms with Crippen LogP contribution in [0.25, 0.3) is 0 Å². The van der Waals surface area contributed by atoms with Crippen molar-refractivity contribution in [1.82, 2.24) is 9.80 Å². The van der Waals surface area contributed by atoms with E-state index >= 15 is 0 Å². The van der Waals surface area contributed by atoms with Gasteiger partial charge in [0.05, 0.1) is 0 Å². The van der Waals surface area contributed by atoms with Gasteiger partial charge in [-0.1, -0.05) is 26.7 Å². The summed E-state index contributed by atoms with van der Waals surface area (Å²) in [5, 5.41) is 0. The maximum Gasteiger partial charge on any atom is 0.191 e. The largest absolute Gasteiger partial charge is 0.370 e. The molecular formula is C18H37IN4. The molecule has 2 aliphatic rings. The van der Waals surface area contributed by atoms with Crippen LogP contribution in [0, 0.1) is 11.8 Å². The summed E-state index contributed by atoms with van der Waals surface area (Å²) in [5.41, 5.74) is 6.14. The minimum absolute atomic E-state index is 0. The number of halogens is 1. The van der Waals surface area contributed by atoms with Crippen LogP contribution in [0.1, 0.15) is 58.8 Å². The van der Waals surface area contributed by atoms with Gasteiger partial charge in [-0.15, -0.1) is 24.0 Å². The van der Waals surface area contributed by atoms with Crippen LogP contribution in [0.15, 0.2) is 4.99 Å². The molecule has 5 heteroatoms. The van der Waals surface area contributed by atoms with E-state index in [9.17, 15) is 0 Å². The van der Waals surface area contributed by atoms with E-state index in [2.05, 4.69) is 28.6 Å². The number of nitrogens with two attached hydrogens (primary N) is 1.